The topological polar surface area (TPSA) is 86.5 Å². The number of nitrogens with zero attached hydrogens (tertiary/aromatic N) is 1. The van der Waals surface area contributed by atoms with Crippen molar-refractivity contribution >= 4 is 23.7 Å². The SMILES string of the molecule is CC(C)(C)C(=O)OC(=O)/C=C/c1ccc([N+](=O)[O-])cc1. The van der Waals surface area contributed by atoms with Gasteiger partial charge in [-0.3, -0.25) is 14.9 Å². The second-order valence-corrected chi connectivity index (χ2v) is 5.14. The van der Waals surface area contributed by atoms with Crippen LogP contribution in [0.5, 0.6) is 0 Å². The molecule has 0 amide bonds. The van der Waals surface area contributed by atoms with Crippen molar-refractivity contribution < 1.29 is 19.2 Å². The van der Waals surface area contributed by atoms with Crippen molar-refractivity contribution in [3.63, 3.8) is 0 Å². The van der Waals surface area contributed by atoms with Crippen molar-refractivity contribution in [3.8, 4) is 0 Å². The fourth-order valence-electron chi connectivity index (χ4n) is 1.15. The van der Waals surface area contributed by atoms with E-state index in [1.165, 1.54) is 30.3 Å². The predicted octanol–water partition coefficient (Wildman–Crippen LogP) is 2.72. The number of non-ortho nitro benzene ring substituents is 1. The second-order valence-electron chi connectivity index (χ2n) is 5.14. The molecule has 1 rings (SSSR count). The van der Waals surface area contributed by atoms with Crippen LogP contribution in [0.15, 0.2) is 30.3 Å². The minimum absolute atomic E-state index is 0.0346. The lowest BCUT2D eigenvalue weighted by atomic mass is 9.97. The van der Waals surface area contributed by atoms with E-state index < -0.39 is 22.3 Å². The molecule has 0 heterocycles. The Morgan fingerprint density at radius 2 is 1.75 bits per heavy atom. The second kappa shape index (κ2) is 6.10. The van der Waals surface area contributed by atoms with Gasteiger partial charge in [0.05, 0.1) is 10.3 Å². The molecule has 106 valence electrons. The summed E-state index contributed by atoms with van der Waals surface area (Å²) in [6, 6.07) is 5.64. The highest BCUT2D eigenvalue weighted by Crippen LogP contribution is 2.16. The first-order valence-corrected chi connectivity index (χ1v) is 5.89. The third-order valence-electron chi connectivity index (χ3n) is 2.32. The average Bonchev–Trinajstić information content (AvgIpc) is 2.35. The largest absolute Gasteiger partial charge is 0.389 e. The third-order valence-corrected chi connectivity index (χ3v) is 2.32. The van der Waals surface area contributed by atoms with E-state index in [2.05, 4.69) is 4.74 Å². The molecule has 20 heavy (non-hydrogen) atoms. The first-order chi connectivity index (χ1) is 9.20. The van der Waals surface area contributed by atoms with Crippen LogP contribution in [0.2, 0.25) is 0 Å². The van der Waals surface area contributed by atoms with E-state index in [9.17, 15) is 19.7 Å². The van der Waals surface area contributed by atoms with Crippen molar-refractivity contribution in [3.05, 3.63) is 46.0 Å². The van der Waals surface area contributed by atoms with E-state index in [1.54, 1.807) is 20.8 Å². The molecule has 6 nitrogen and oxygen atoms in total. The molecule has 0 aliphatic heterocycles. The maximum atomic E-state index is 11.5. The van der Waals surface area contributed by atoms with Gasteiger partial charge < -0.3 is 4.74 Å². The van der Waals surface area contributed by atoms with E-state index in [-0.39, 0.29) is 5.69 Å². The molecular weight excluding hydrogens is 262 g/mol. The Hall–Kier alpha value is -2.50. The molecular formula is C14H15NO5. The van der Waals surface area contributed by atoms with Crippen LogP contribution in [0, 0.1) is 15.5 Å². The number of rotatable bonds is 3. The number of nitro groups is 1. The normalized spacial score (nSPS) is 11.3. The smallest absolute Gasteiger partial charge is 0.338 e. The Morgan fingerprint density at radius 3 is 2.20 bits per heavy atom. The summed E-state index contributed by atoms with van der Waals surface area (Å²) in [6.07, 6.45) is 2.52. The van der Waals surface area contributed by atoms with E-state index in [0.29, 0.717) is 5.56 Å². The molecule has 1 aromatic carbocycles. The first kappa shape index (κ1) is 15.6. The van der Waals surface area contributed by atoms with E-state index in [0.717, 1.165) is 6.08 Å². The van der Waals surface area contributed by atoms with Crippen molar-refractivity contribution in [2.24, 2.45) is 5.41 Å². The highest BCUT2D eigenvalue weighted by molar-refractivity contribution is 5.96. The number of ether oxygens (including phenoxy) is 1. The number of esters is 2. The van der Waals surface area contributed by atoms with E-state index in [1.807, 2.05) is 0 Å². The molecule has 0 bridgehead atoms. The Bertz CT molecular complexity index is 552. The summed E-state index contributed by atoms with van der Waals surface area (Å²) in [4.78, 5) is 32.8. The molecule has 0 unspecified atom stereocenters. The maximum absolute atomic E-state index is 11.5. The van der Waals surface area contributed by atoms with Gasteiger partial charge in [0.15, 0.2) is 0 Å². The van der Waals surface area contributed by atoms with Gasteiger partial charge in [0, 0.05) is 18.2 Å². The Labute approximate surface area is 116 Å². The summed E-state index contributed by atoms with van der Waals surface area (Å²) in [5.41, 5.74) is -0.194. The van der Waals surface area contributed by atoms with Crippen LogP contribution < -0.4 is 0 Å². The van der Waals surface area contributed by atoms with Gasteiger partial charge in [0.1, 0.15) is 0 Å². The molecule has 0 atom stereocenters. The van der Waals surface area contributed by atoms with Crippen LogP contribution in [-0.4, -0.2) is 16.9 Å². The van der Waals surface area contributed by atoms with Crippen LogP contribution in [-0.2, 0) is 14.3 Å². The number of nitro benzene ring substituents is 1. The Balaban J connectivity index is 2.66. The van der Waals surface area contributed by atoms with E-state index >= 15 is 0 Å². The zero-order valence-corrected chi connectivity index (χ0v) is 11.5. The summed E-state index contributed by atoms with van der Waals surface area (Å²) < 4.78 is 4.63. The molecule has 6 heteroatoms. The fourth-order valence-corrected chi connectivity index (χ4v) is 1.15. The highest BCUT2D eigenvalue weighted by atomic mass is 16.6. The summed E-state index contributed by atoms with van der Waals surface area (Å²) >= 11 is 0. The average molecular weight is 277 g/mol. The zero-order valence-electron chi connectivity index (χ0n) is 11.5. The summed E-state index contributed by atoms with van der Waals surface area (Å²) in [7, 11) is 0. The van der Waals surface area contributed by atoms with Crippen LogP contribution in [0.4, 0.5) is 5.69 Å². The van der Waals surface area contributed by atoms with E-state index in [4.69, 9.17) is 0 Å². The van der Waals surface area contributed by atoms with Gasteiger partial charge in [-0.25, -0.2) is 4.79 Å². The number of carbonyl (C=O) groups is 2. The highest BCUT2D eigenvalue weighted by Gasteiger charge is 2.24. The molecule has 0 aliphatic carbocycles. The fraction of sp³-hybridized carbons (Fsp3) is 0.286. The zero-order chi connectivity index (χ0) is 15.3. The Kier molecular flexibility index (Phi) is 4.74. The molecule has 0 aliphatic rings. The van der Waals surface area contributed by atoms with Gasteiger partial charge >= 0.3 is 11.9 Å². The van der Waals surface area contributed by atoms with Crippen molar-refractivity contribution in [1.29, 1.82) is 0 Å². The summed E-state index contributed by atoms with van der Waals surface area (Å²) in [5, 5.41) is 10.5. The minimum atomic E-state index is -0.775. The van der Waals surface area contributed by atoms with Gasteiger partial charge in [-0.05, 0) is 44.5 Å². The van der Waals surface area contributed by atoms with Crippen LogP contribution >= 0.6 is 0 Å². The molecule has 0 saturated carbocycles. The lowest BCUT2D eigenvalue weighted by Crippen LogP contribution is -2.25. The number of hydrogen-bond acceptors (Lipinski definition) is 5. The molecule has 0 fully saturated rings. The first-order valence-electron chi connectivity index (χ1n) is 5.89. The van der Waals surface area contributed by atoms with Crippen molar-refractivity contribution in [2.45, 2.75) is 20.8 Å². The molecule has 0 saturated heterocycles. The van der Waals surface area contributed by atoms with Crippen LogP contribution in [0.25, 0.3) is 6.08 Å². The summed E-state index contributed by atoms with van der Waals surface area (Å²) in [6.45, 7) is 4.92. The number of hydrogen-bond donors (Lipinski definition) is 0. The molecule has 1 aromatic rings. The molecule has 0 aromatic heterocycles. The lowest BCUT2D eigenvalue weighted by Gasteiger charge is -2.14. The van der Waals surface area contributed by atoms with Crippen LogP contribution in [0.1, 0.15) is 26.3 Å². The molecule has 0 N–H and O–H groups in total. The van der Waals surface area contributed by atoms with Crippen LogP contribution in [0.3, 0.4) is 0 Å². The maximum Gasteiger partial charge on any atom is 0.338 e. The summed E-state index contributed by atoms with van der Waals surface area (Å²) in [5.74, 6) is -1.39. The Morgan fingerprint density at radius 1 is 1.20 bits per heavy atom. The van der Waals surface area contributed by atoms with Gasteiger partial charge in [0.2, 0.25) is 0 Å². The minimum Gasteiger partial charge on any atom is -0.389 e. The number of benzene rings is 1. The monoisotopic (exact) mass is 277 g/mol. The van der Waals surface area contributed by atoms with Gasteiger partial charge in [-0.15, -0.1) is 0 Å². The number of carbonyl (C=O) groups excluding carboxylic acids is 2. The quantitative estimate of drug-likeness (QED) is 0.279. The predicted molar refractivity (Wildman–Crippen MR) is 72.7 cm³/mol. The van der Waals surface area contributed by atoms with Gasteiger partial charge in [-0.1, -0.05) is 0 Å². The van der Waals surface area contributed by atoms with Crippen molar-refractivity contribution in [2.75, 3.05) is 0 Å². The third kappa shape index (κ3) is 4.64. The standard InChI is InChI=1S/C14H15NO5/c1-14(2,3)13(17)20-12(16)9-6-10-4-7-11(8-5-10)15(18)19/h4-9H,1-3H3/b9-6+. The molecule has 0 spiro atoms. The lowest BCUT2D eigenvalue weighted by molar-refractivity contribution is -0.384. The van der Waals surface area contributed by atoms with Gasteiger partial charge in [0.25, 0.3) is 5.69 Å². The molecule has 0 radical (unpaired) electrons. The van der Waals surface area contributed by atoms with Gasteiger partial charge in [-0.2, -0.15) is 0 Å². The van der Waals surface area contributed by atoms with Crippen molar-refractivity contribution in [1.82, 2.24) is 0 Å².